The lowest BCUT2D eigenvalue weighted by Gasteiger charge is -2.35. The summed E-state index contributed by atoms with van der Waals surface area (Å²) in [6, 6.07) is 6.91. The molecule has 3 nitrogen and oxygen atoms in total. The highest BCUT2D eigenvalue weighted by Crippen LogP contribution is 2.31. The molecule has 2 fully saturated rings. The topological polar surface area (TPSA) is 23.6 Å². The normalized spacial score (nSPS) is 21.7. The zero-order valence-corrected chi connectivity index (χ0v) is 14.7. The van der Waals surface area contributed by atoms with E-state index in [4.69, 9.17) is 0 Å². The first-order valence-corrected chi connectivity index (χ1v) is 9.41. The predicted octanol–water partition coefficient (Wildman–Crippen LogP) is 3.34. The minimum atomic E-state index is -0.152. The van der Waals surface area contributed by atoms with E-state index in [-0.39, 0.29) is 5.82 Å². The molecule has 1 saturated heterocycles. The molecule has 0 unspecified atom stereocenters. The first kappa shape index (κ1) is 17.4. The average Bonchev–Trinajstić information content (AvgIpc) is 3.43. The van der Waals surface area contributed by atoms with Crippen molar-refractivity contribution >= 4 is 5.91 Å². The van der Waals surface area contributed by atoms with Gasteiger partial charge in [-0.05, 0) is 69.2 Å². The number of carbonyl (C=O) groups excluding carboxylic acids is 1. The van der Waals surface area contributed by atoms with Crippen LogP contribution in [-0.2, 0) is 11.2 Å². The fraction of sp³-hybridized carbons (Fsp3) is 0.650. The maximum Gasteiger partial charge on any atom is 0.225 e. The van der Waals surface area contributed by atoms with Gasteiger partial charge in [0.15, 0.2) is 0 Å². The number of amides is 1. The van der Waals surface area contributed by atoms with E-state index in [1.54, 1.807) is 12.1 Å². The Bertz CT molecular complexity index is 558. The van der Waals surface area contributed by atoms with Gasteiger partial charge >= 0.3 is 0 Å². The van der Waals surface area contributed by atoms with Crippen LogP contribution in [0, 0.1) is 17.7 Å². The summed E-state index contributed by atoms with van der Waals surface area (Å²) in [7, 11) is 0. The Morgan fingerprint density at radius 3 is 2.88 bits per heavy atom. The third-order valence-corrected chi connectivity index (χ3v) is 5.31. The molecule has 0 radical (unpaired) electrons. The van der Waals surface area contributed by atoms with E-state index < -0.39 is 0 Å². The van der Waals surface area contributed by atoms with Crippen LogP contribution in [0.1, 0.15) is 38.2 Å². The standard InChI is InChI=1S/C20H29FN2O/c1-2-23(20(24)18-8-9-18)15-17-6-4-11-22(14-17)12-10-16-5-3-7-19(21)13-16/h3,5,7,13,17-18H,2,4,6,8-12,14-15H2,1H3/t17-/m0/s1. The van der Waals surface area contributed by atoms with Crippen LogP contribution >= 0.6 is 0 Å². The maximum absolute atomic E-state index is 13.3. The Labute approximate surface area is 144 Å². The number of rotatable bonds is 7. The van der Waals surface area contributed by atoms with Crippen LogP contribution in [0.25, 0.3) is 0 Å². The molecule has 1 amide bonds. The van der Waals surface area contributed by atoms with Gasteiger partial charge in [-0.15, -0.1) is 0 Å². The summed E-state index contributed by atoms with van der Waals surface area (Å²) < 4.78 is 13.3. The van der Waals surface area contributed by atoms with E-state index >= 15 is 0 Å². The minimum Gasteiger partial charge on any atom is -0.342 e. The number of hydrogen-bond acceptors (Lipinski definition) is 2. The second kappa shape index (κ2) is 8.11. The number of benzene rings is 1. The smallest absolute Gasteiger partial charge is 0.225 e. The predicted molar refractivity (Wildman–Crippen MR) is 94.2 cm³/mol. The Balaban J connectivity index is 1.47. The van der Waals surface area contributed by atoms with Crippen molar-refractivity contribution in [3.8, 4) is 0 Å². The molecule has 0 N–H and O–H groups in total. The van der Waals surface area contributed by atoms with Crippen LogP contribution < -0.4 is 0 Å². The first-order chi connectivity index (χ1) is 11.7. The van der Waals surface area contributed by atoms with E-state index in [1.165, 1.54) is 18.9 Å². The van der Waals surface area contributed by atoms with Crippen molar-refractivity contribution in [2.45, 2.75) is 39.0 Å². The summed E-state index contributed by atoms with van der Waals surface area (Å²) in [5, 5.41) is 0. The summed E-state index contributed by atoms with van der Waals surface area (Å²) in [5.41, 5.74) is 1.07. The van der Waals surface area contributed by atoms with Crippen molar-refractivity contribution in [2.24, 2.45) is 11.8 Å². The summed E-state index contributed by atoms with van der Waals surface area (Å²) in [6.07, 6.45) is 5.47. The average molecular weight is 332 g/mol. The Hall–Kier alpha value is -1.42. The van der Waals surface area contributed by atoms with Gasteiger partial charge in [0.25, 0.3) is 0 Å². The number of carbonyl (C=O) groups is 1. The molecule has 1 heterocycles. The fourth-order valence-corrected chi connectivity index (χ4v) is 3.76. The maximum atomic E-state index is 13.3. The van der Waals surface area contributed by atoms with Crippen molar-refractivity contribution in [3.63, 3.8) is 0 Å². The number of halogens is 1. The zero-order valence-electron chi connectivity index (χ0n) is 14.7. The van der Waals surface area contributed by atoms with Gasteiger partial charge in [0.05, 0.1) is 0 Å². The highest BCUT2D eigenvalue weighted by molar-refractivity contribution is 5.81. The summed E-state index contributed by atoms with van der Waals surface area (Å²) >= 11 is 0. The van der Waals surface area contributed by atoms with Gasteiger partial charge in [-0.3, -0.25) is 4.79 Å². The third-order valence-electron chi connectivity index (χ3n) is 5.31. The minimum absolute atomic E-state index is 0.152. The molecule has 132 valence electrons. The summed E-state index contributed by atoms with van der Waals surface area (Å²) in [6.45, 7) is 6.98. The van der Waals surface area contributed by atoms with E-state index in [9.17, 15) is 9.18 Å². The SMILES string of the molecule is CCN(C[C@H]1CCCN(CCc2cccc(F)c2)C1)C(=O)C1CC1. The Kier molecular flexibility index (Phi) is 5.88. The molecule has 1 aliphatic heterocycles. The van der Waals surface area contributed by atoms with Crippen molar-refractivity contribution in [1.82, 2.24) is 9.80 Å². The number of nitrogens with zero attached hydrogens (tertiary/aromatic N) is 2. The second-order valence-electron chi connectivity index (χ2n) is 7.34. The van der Waals surface area contributed by atoms with E-state index in [2.05, 4.69) is 16.7 Å². The lowest BCUT2D eigenvalue weighted by molar-refractivity contribution is -0.133. The Morgan fingerprint density at radius 1 is 1.33 bits per heavy atom. The molecule has 2 aliphatic rings. The summed E-state index contributed by atoms with van der Waals surface area (Å²) in [4.78, 5) is 16.9. The van der Waals surface area contributed by atoms with Gasteiger partial charge in [-0.2, -0.15) is 0 Å². The molecule has 0 bridgehead atoms. The first-order valence-electron chi connectivity index (χ1n) is 9.41. The fourth-order valence-electron chi connectivity index (χ4n) is 3.76. The van der Waals surface area contributed by atoms with Gasteiger partial charge in [-0.25, -0.2) is 4.39 Å². The van der Waals surface area contributed by atoms with Gasteiger partial charge in [-0.1, -0.05) is 12.1 Å². The quantitative estimate of drug-likeness (QED) is 0.764. The molecule has 1 aromatic carbocycles. The molecule has 0 aromatic heterocycles. The van der Waals surface area contributed by atoms with Crippen LogP contribution in [0.5, 0.6) is 0 Å². The number of hydrogen-bond donors (Lipinski definition) is 0. The number of piperidine rings is 1. The highest BCUT2D eigenvalue weighted by Gasteiger charge is 2.34. The van der Waals surface area contributed by atoms with Crippen molar-refractivity contribution < 1.29 is 9.18 Å². The monoisotopic (exact) mass is 332 g/mol. The van der Waals surface area contributed by atoms with Crippen molar-refractivity contribution in [2.75, 3.05) is 32.7 Å². The van der Waals surface area contributed by atoms with Crippen LogP contribution in [0.15, 0.2) is 24.3 Å². The molecule has 3 rings (SSSR count). The molecule has 24 heavy (non-hydrogen) atoms. The lowest BCUT2D eigenvalue weighted by Crippen LogP contribution is -2.43. The lowest BCUT2D eigenvalue weighted by atomic mass is 9.96. The van der Waals surface area contributed by atoms with E-state index in [0.29, 0.717) is 17.7 Å². The number of likely N-dealkylation sites (tertiary alicyclic amines) is 1. The molecule has 1 aliphatic carbocycles. The molecule has 0 spiro atoms. The van der Waals surface area contributed by atoms with Crippen LogP contribution in [0.2, 0.25) is 0 Å². The second-order valence-corrected chi connectivity index (χ2v) is 7.34. The van der Waals surface area contributed by atoms with Gasteiger partial charge in [0, 0.05) is 32.1 Å². The molecular formula is C20H29FN2O. The van der Waals surface area contributed by atoms with Crippen molar-refractivity contribution in [3.05, 3.63) is 35.6 Å². The van der Waals surface area contributed by atoms with Crippen LogP contribution in [0.4, 0.5) is 4.39 Å². The molecule has 1 atom stereocenters. The Morgan fingerprint density at radius 2 is 2.17 bits per heavy atom. The molecule has 1 saturated carbocycles. The third kappa shape index (κ3) is 4.79. The van der Waals surface area contributed by atoms with E-state index in [1.807, 2.05) is 6.07 Å². The highest BCUT2D eigenvalue weighted by atomic mass is 19.1. The van der Waals surface area contributed by atoms with Gasteiger partial charge in [0.1, 0.15) is 5.82 Å². The van der Waals surface area contributed by atoms with Crippen LogP contribution in [0.3, 0.4) is 0 Å². The molecule has 4 heteroatoms. The molecular weight excluding hydrogens is 303 g/mol. The van der Waals surface area contributed by atoms with Gasteiger partial charge < -0.3 is 9.80 Å². The zero-order chi connectivity index (χ0) is 16.9. The van der Waals surface area contributed by atoms with Crippen molar-refractivity contribution in [1.29, 1.82) is 0 Å². The van der Waals surface area contributed by atoms with Gasteiger partial charge in [0.2, 0.25) is 5.91 Å². The largest absolute Gasteiger partial charge is 0.342 e. The van der Waals surface area contributed by atoms with Crippen LogP contribution in [-0.4, -0.2) is 48.4 Å². The summed E-state index contributed by atoms with van der Waals surface area (Å²) in [5.74, 6) is 1.11. The molecule has 1 aromatic rings. The van der Waals surface area contributed by atoms with E-state index in [0.717, 1.165) is 57.5 Å².